The summed E-state index contributed by atoms with van der Waals surface area (Å²) in [5.41, 5.74) is 2.54. The molecule has 0 bridgehead atoms. The van der Waals surface area contributed by atoms with Gasteiger partial charge in [0, 0.05) is 29.2 Å². The molecule has 4 aromatic rings. The number of nitrogens with one attached hydrogen (secondary N) is 3. The molecule has 1 saturated carbocycles. The number of benzene rings is 2. The van der Waals surface area contributed by atoms with E-state index in [0.29, 0.717) is 23.6 Å². The van der Waals surface area contributed by atoms with E-state index in [1.165, 1.54) is 13.3 Å². The predicted molar refractivity (Wildman–Crippen MR) is 178 cm³/mol. The van der Waals surface area contributed by atoms with Gasteiger partial charge in [0.1, 0.15) is 11.3 Å². The highest BCUT2D eigenvalue weighted by atomic mass is 35.5. The number of alkyl carbamates (subject to hydrolysis) is 1. The Kier molecular flexibility index (Phi) is 9.82. The molecule has 2 aromatic heterocycles. The summed E-state index contributed by atoms with van der Waals surface area (Å²) >= 11 is 6.13. The van der Waals surface area contributed by atoms with Crippen molar-refractivity contribution >= 4 is 50.3 Å². The van der Waals surface area contributed by atoms with E-state index >= 15 is 0 Å². The Morgan fingerprint density at radius 1 is 1.02 bits per heavy atom. The SMILES string of the molecule is CCc1cc(-c2ncc(S(=O)(=O)Nc3ccccc3Cl)nc2OC)cc2cnc(NC3CCC(NC(=O)OC(C)(C)C)CC3)nc12. The van der Waals surface area contributed by atoms with E-state index in [1.807, 2.05) is 39.8 Å². The number of anilines is 2. The average Bonchev–Trinajstić information content (AvgIpc) is 3.01. The summed E-state index contributed by atoms with van der Waals surface area (Å²) in [6.07, 6.45) is 6.62. The molecule has 5 rings (SSSR count). The van der Waals surface area contributed by atoms with E-state index in [4.69, 9.17) is 26.1 Å². The minimum absolute atomic E-state index is 0.0550. The van der Waals surface area contributed by atoms with Crippen molar-refractivity contribution in [3.05, 3.63) is 59.4 Å². The first kappa shape index (κ1) is 33.1. The van der Waals surface area contributed by atoms with Crippen molar-refractivity contribution in [3.8, 4) is 17.1 Å². The number of hydrogen-bond acceptors (Lipinski definition) is 10. The number of carbonyl (C=O) groups is 1. The number of aryl methyl sites for hydroxylation is 1. The smallest absolute Gasteiger partial charge is 0.407 e. The molecule has 0 radical (unpaired) electrons. The Bertz CT molecular complexity index is 1840. The first-order valence-corrected chi connectivity index (χ1v) is 17.0. The lowest BCUT2D eigenvalue weighted by Crippen LogP contribution is -2.42. The number of ether oxygens (including phenoxy) is 2. The highest BCUT2D eigenvalue weighted by Crippen LogP contribution is 2.33. The molecule has 14 heteroatoms. The van der Waals surface area contributed by atoms with E-state index < -0.39 is 15.6 Å². The van der Waals surface area contributed by atoms with Gasteiger partial charge in [-0.3, -0.25) is 4.72 Å². The molecule has 0 saturated heterocycles. The number of hydrogen-bond donors (Lipinski definition) is 3. The molecule has 0 spiro atoms. The second-order valence-electron chi connectivity index (χ2n) is 12.1. The third kappa shape index (κ3) is 7.94. The summed E-state index contributed by atoms with van der Waals surface area (Å²) in [5, 5.41) is 7.18. The molecule has 1 aliphatic carbocycles. The van der Waals surface area contributed by atoms with Gasteiger partial charge in [0.05, 0.1) is 29.5 Å². The molecular weight excluding hydrogens is 630 g/mol. The fourth-order valence-electron chi connectivity index (χ4n) is 5.30. The molecule has 1 fully saturated rings. The summed E-state index contributed by atoms with van der Waals surface area (Å²) in [7, 11) is -2.67. The Labute approximate surface area is 273 Å². The standard InChI is InChI=1S/C32H38ClN7O5S/c1-6-19-15-20(28-29(44-5)38-26(18-34-28)46(42,43)40-25-10-8-7-9-24(25)33)16-21-17-35-30(39-27(19)21)36-22-11-13-23(14-12-22)37-31(41)45-32(2,3)4/h7-10,15-18,22-23,40H,6,11-14H2,1-5H3,(H,37,41)(H,35,36,39). The first-order chi connectivity index (χ1) is 21.8. The maximum atomic E-state index is 13.1. The minimum Gasteiger partial charge on any atom is -0.479 e. The largest absolute Gasteiger partial charge is 0.479 e. The van der Waals surface area contributed by atoms with Crippen molar-refractivity contribution in [3.63, 3.8) is 0 Å². The summed E-state index contributed by atoms with van der Waals surface area (Å²) in [4.78, 5) is 30.3. The third-order valence-electron chi connectivity index (χ3n) is 7.50. The quantitative estimate of drug-likeness (QED) is 0.183. The lowest BCUT2D eigenvalue weighted by atomic mass is 9.91. The minimum atomic E-state index is -4.09. The molecule has 1 amide bonds. The van der Waals surface area contributed by atoms with Gasteiger partial charge in [-0.25, -0.2) is 19.7 Å². The number of fused-ring (bicyclic) bond motifs is 1. The van der Waals surface area contributed by atoms with Gasteiger partial charge in [-0.15, -0.1) is 0 Å². The zero-order valence-electron chi connectivity index (χ0n) is 26.4. The molecular formula is C32H38ClN7O5S. The second kappa shape index (κ2) is 13.6. The molecule has 1 aliphatic rings. The van der Waals surface area contributed by atoms with Crippen LogP contribution in [0.5, 0.6) is 5.88 Å². The average molecular weight is 668 g/mol. The van der Waals surface area contributed by atoms with E-state index in [1.54, 1.807) is 30.5 Å². The molecule has 2 heterocycles. The van der Waals surface area contributed by atoms with Crippen LogP contribution in [-0.2, 0) is 21.2 Å². The number of methoxy groups -OCH3 is 1. The molecule has 2 aromatic carbocycles. The summed E-state index contributed by atoms with van der Waals surface area (Å²) in [6.45, 7) is 7.58. The Balaban J connectivity index is 1.32. The molecule has 244 valence electrons. The van der Waals surface area contributed by atoms with Crippen molar-refractivity contribution in [1.29, 1.82) is 0 Å². The number of sulfonamides is 1. The van der Waals surface area contributed by atoms with Gasteiger partial charge in [0.25, 0.3) is 10.0 Å². The van der Waals surface area contributed by atoms with Crippen LogP contribution in [0.2, 0.25) is 5.02 Å². The Hall–Kier alpha value is -4.23. The Morgan fingerprint density at radius 2 is 1.74 bits per heavy atom. The monoisotopic (exact) mass is 667 g/mol. The van der Waals surface area contributed by atoms with Crippen molar-refractivity contribution in [2.24, 2.45) is 0 Å². The molecule has 3 N–H and O–H groups in total. The van der Waals surface area contributed by atoms with E-state index in [0.717, 1.165) is 42.1 Å². The Morgan fingerprint density at radius 3 is 2.41 bits per heavy atom. The van der Waals surface area contributed by atoms with Crippen molar-refractivity contribution in [1.82, 2.24) is 25.3 Å². The third-order valence-corrected chi connectivity index (χ3v) is 9.07. The molecule has 46 heavy (non-hydrogen) atoms. The lowest BCUT2D eigenvalue weighted by molar-refractivity contribution is 0.0492. The summed E-state index contributed by atoms with van der Waals surface area (Å²) in [5.74, 6) is 0.593. The van der Waals surface area contributed by atoms with E-state index in [2.05, 4.69) is 30.3 Å². The molecule has 12 nitrogen and oxygen atoms in total. The van der Waals surface area contributed by atoms with Crippen LogP contribution >= 0.6 is 11.6 Å². The topological polar surface area (TPSA) is 157 Å². The van der Waals surface area contributed by atoms with E-state index in [9.17, 15) is 13.2 Å². The van der Waals surface area contributed by atoms with Crippen LogP contribution in [0.15, 0.2) is 53.8 Å². The number of aromatic nitrogens is 4. The molecule has 0 unspecified atom stereocenters. The predicted octanol–water partition coefficient (Wildman–Crippen LogP) is 6.36. The van der Waals surface area contributed by atoms with Crippen LogP contribution in [0, 0.1) is 0 Å². The number of rotatable bonds is 9. The van der Waals surface area contributed by atoms with Crippen LogP contribution in [0.4, 0.5) is 16.4 Å². The van der Waals surface area contributed by atoms with Gasteiger partial charge >= 0.3 is 6.09 Å². The van der Waals surface area contributed by atoms with Crippen LogP contribution in [-0.4, -0.2) is 59.2 Å². The number of nitrogens with zero attached hydrogens (tertiary/aromatic N) is 4. The van der Waals surface area contributed by atoms with Gasteiger partial charge in [-0.2, -0.15) is 13.4 Å². The molecule has 0 aliphatic heterocycles. The number of para-hydroxylation sites is 1. The fraction of sp³-hybridized carbons (Fsp3) is 0.406. The zero-order valence-corrected chi connectivity index (χ0v) is 28.0. The maximum Gasteiger partial charge on any atom is 0.407 e. The van der Waals surface area contributed by atoms with Crippen molar-refractivity contribution < 1.29 is 22.7 Å². The highest BCUT2D eigenvalue weighted by Gasteiger charge is 2.26. The van der Waals surface area contributed by atoms with Gasteiger partial charge in [0.2, 0.25) is 11.8 Å². The van der Waals surface area contributed by atoms with Gasteiger partial charge in [0.15, 0.2) is 5.03 Å². The molecule has 0 atom stereocenters. The second-order valence-corrected chi connectivity index (χ2v) is 14.1. The normalized spacial score (nSPS) is 16.9. The van der Waals surface area contributed by atoms with Gasteiger partial charge < -0.3 is 20.1 Å². The summed E-state index contributed by atoms with van der Waals surface area (Å²) < 4.78 is 39.4. The zero-order chi connectivity index (χ0) is 33.1. The van der Waals surface area contributed by atoms with Gasteiger partial charge in [-0.1, -0.05) is 30.7 Å². The van der Waals surface area contributed by atoms with Gasteiger partial charge in [-0.05, 0) is 82.7 Å². The maximum absolute atomic E-state index is 13.1. The summed E-state index contributed by atoms with van der Waals surface area (Å²) in [6, 6.07) is 10.6. The highest BCUT2D eigenvalue weighted by molar-refractivity contribution is 7.92. The van der Waals surface area contributed by atoms with Crippen LogP contribution in [0.25, 0.3) is 22.2 Å². The number of halogens is 1. The van der Waals surface area contributed by atoms with Crippen LogP contribution in [0.1, 0.15) is 58.9 Å². The van der Waals surface area contributed by atoms with Crippen molar-refractivity contribution in [2.45, 2.75) is 82.5 Å². The van der Waals surface area contributed by atoms with Crippen molar-refractivity contribution in [2.75, 3.05) is 17.1 Å². The number of amides is 1. The van der Waals surface area contributed by atoms with Crippen LogP contribution < -0.4 is 20.1 Å². The van der Waals surface area contributed by atoms with E-state index in [-0.39, 0.29) is 39.8 Å². The first-order valence-electron chi connectivity index (χ1n) is 15.1. The lowest BCUT2D eigenvalue weighted by Gasteiger charge is -2.30. The fourth-order valence-corrected chi connectivity index (χ4v) is 6.51. The van der Waals surface area contributed by atoms with Crippen LogP contribution in [0.3, 0.4) is 0 Å². The number of carbonyl (C=O) groups excluding carboxylic acids is 1.